The standard InChI is InChI=1S/C8H4F4O2/c9-7-4(3-13)6(14)2-1-5(7)8(10,11)12/h1-3,14H. The minimum absolute atomic E-state index is 0.167. The van der Waals surface area contributed by atoms with Crippen molar-refractivity contribution in [2.45, 2.75) is 6.18 Å². The van der Waals surface area contributed by atoms with E-state index in [9.17, 15) is 22.4 Å². The summed E-state index contributed by atoms with van der Waals surface area (Å²) in [6.07, 6.45) is -5.05. The zero-order valence-electron chi connectivity index (χ0n) is 6.60. The average molecular weight is 208 g/mol. The lowest BCUT2D eigenvalue weighted by atomic mass is 10.1. The summed E-state index contributed by atoms with van der Waals surface area (Å²) in [6, 6.07) is 0.993. The van der Waals surface area contributed by atoms with Crippen molar-refractivity contribution < 1.29 is 27.5 Å². The first-order valence-corrected chi connectivity index (χ1v) is 3.41. The summed E-state index contributed by atoms with van der Waals surface area (Å²) >= 11 is 0. The molecule has 0 radical (unpaired) electrons. The van der Waals surface area contributed by atoms with Crippen molar-refractivity contribution in [3.63, 3.8) is 0 Å². The highest BCUT2D eigenvalue weighted by molar-refractivity contribution is 5.80. The third-order valence-corrected chi connectivity index (χ3v) is 1.58. The van der Waals surface area contributed by atoms with E-state index in [1.54, 1.807) is 0 Å². The summed E-state index contributed by atoms with van der Waals surface area (Å²) in [5, 5.41) is 8.84. The summed E-state index contributed by atoms with van der Waals surface area (Å²) in [4.78, 5) is 10.2. The fourth-order valence-electron chi connectivity index (χ4n) is 0.914. The van der Waals surface area contributed by atoms with Crippen LogP contribution in [0.2, 0.25) is 0 Å². The third-order valence-electron chi connectivity index (χ3n) is 1.58. The zero-order valence-corrected chi connectivity index (χ0v) is 6.60. The van der Waals surface area contributed by atoms with E-state index in [-0.39, 0.29) is 6.29 Å². The molecule has 0 amide bonds. The van der Waals surface area contributed by atoms with Crippen LogP contribution in [0.1, 0.15) is 15.9 Å². The number of phenols is 1. The molecule has 1 N–H and O–H groups in total. The lowest BCUT2D eigenvalue weighted by Crippen LogP contribution is -2.09. The van der Waals surface area contributed by atoms with Crippen LogP contribution in [0.3, 0.4) is 0 Å². The fourth-order valence-corrected chi connectivity index (χ4v) is 0.914. The van der Waals surface area contributed by atoms with Gasteiger partial charge in [0.1, 0.15) is 11.6 Å². The molecule has 0 bridgehead atoms. The van der Waals surface area contributed by atoms with Crippen LogP contribution in [0.4, 0.5) is 17.6 Å². The highest BCUT2D eigenvalue weighted by atomic mass is 19.4. The normalized spacial score (nSPS) is 11.4. The molecule has 0 unspecified atom stereocenters. The molecule has 1 aromatic rings. The number of carbonyl (C=O) groups is 1. The topological polar surface area (TPSA) is 37.3 Å². The third kappa shape index (κ3) is 1.68. The molecule has 0 spiro atoms. The highest BCUT2D eigenvalue weighted by Gasteiger charge is 2.35. The van der Waals surface area contributed by atoms with Gasteiger partial charge in [-0.05, 0) is 12.1 Å². The lowest BCUT2D eigenvalue weighted by Gasteiger charge is -2.09. The van der Waals surface area contributed by atoms with Crippen molar-refractivity contribution in [2.75, 3.05) is 0 Å². The molecule has 1 rings (SSSR count). The van der Waals surface area contributed by atoms with E-state index >= 15 is 0 Å². The van der Waals surface area contributed by atoms with Gasteiger partial charge >= 0.3 is 6.18 Å². The second kappa shape index (κ2) is 3.28. The van der Waals surface area contributed by atoms with Gasteiger partial charge in [0, 0.05) is 0 Å². The number of aromatic hydroxyl groups is 1. The minimum Gasteiger partial charge on any atom is -0.507 e. The first-order valence-electron chi connectivity index (χ1n) is 3.41. The molecule has 2 nitrogen and oxygen atoms in total. The predicted octanol–water partition coefficient (Wildman–Crippen LogP) is 2.36. The maximum atomic E-state index is 12.9. The Morgan fingerprint density at radius 2 is 1.86 bits per heavy atom. The van der Waals surface area contributed by atoms with Gasteiger partial charge < -0.3 is 5.11 Å². The van der Waals surface area contributed by atoms with Crippen LogP contribution in [0, 0.1) is 5.82 Å². The van der Waals surface area contributed by atoms with Crippen LogP contribution in [0.15, 0.2) is 12.1 Å². The van der Waals surface area contributed by atoms with Gasteiger partial charge in [0.25, 0.3) is 0 Å². The molecule has 0 aromatic heterocycles. The van der Waals surface area contributed by atoms with Crippen LogP contribution in [0.5, 0.6) is 5.75 Å². The minimum atomic E-state index is -4.88. The van der Waals surface area contributed by atoms with Crippen LogP contribution in [-0.4, -0.2) is 11.4 Å². The van der Waals surface area contributed by atoms with E-state index in [4.69, 9.17) is 5.11 Å². The van der Waals surface area contributed by atoms with Crippen molar-refractivity contribution in [3.8, 4) is 5.75 Å². The predicted molar refractivity (Wildman–Crippen MR) is 38.5 cm³/mol. The van der Waals surface area contributed by atoms with E-state index in [0.29, 0.717) is 12.1 Å². The molecule has 6 heteroatoms. The van der Waals surface area contributed by atoms with Crippen molar-refractivity contribution in [3.05, 3.63) is 29.1 Å². The Labute approximate surface area is 75.8 Å². The molecule has 0 heterocycles. The SMILES string of the molecule is O=Cc1c(O)ccc(C(F)(F)F)c1F. The molecule has 1 aromatic carbocycles. The Kier molecular flexibility index (Phi) is 2.46. The molecule has 0 aliphatic carbocycles. The van der Waals surface area contributed by atoms with E-state index in [0.717, 1.165) is 0 Å². The van der Waals surface area contributed by atoms with Crippen LogP contribution >= 0.6 is 0 Å². The van der Waals surface area contributed by atoms with Crippen molar-refractivity contribution >= 4 is 6.29 Å². The summed E-state index contributed by atoms with van der Waals surface area (Å²) in [7, 11) is 0. The quantitative estimate of drug-likeness (QED) is 0.568. The molecular weight excluding hydrogens is 204 g/mol. The van der Waals surface area contributed by atoms with Gasteiger partial charge in [0.2, 0.25) is 0 Å². The van der Waals surface area contributed by atoms with Gasteiger partial charge in [-0.1, -0.05) is 0 Å². The molecule has 0 aliphatic rings. The van der Waals surface area contributed by atoms with E-state index in [1.807, 2.05) is 0 Å². The maximum absolute atomic E-state index is 12.9. The number of alkyl halides is 3. The molecule has 14 heavy (non-hydrogen) atoms. The molecule has 0 saturated heterocycles. The second-order valence-electron chi connectivity index (χ2n) is 2.48. The lowest BCUT2D eigenvalue weighted by molar-refractivity contribution is -0.140. The molecule has 0 aliphatic heterocycles. The number of hydrogen-bond acceptors (Lipinski definition) is 2. The number of carbonyl (C=O) groups excluding carboxylic acids is 1. The van der Waals surface area contributed by atoms with E-state index in [1.165, 1.54) is 0 Å². The summed E-state index contributed by atoms with van der Waals surface area (Å²) in [5.74, 6) is -2.57. The first kappa shape index (κ1) is 10.5. The van der Waals surface area contributed by atoms with Crippen molar-refractivity contribution in [1.29, 1.82) is 0 Å². The molecule has 76 valence electrons. The Morgan fingerprint density at radius 3 is 2.29 bits per heavy atom. The number of halogens is 4. The fraction of sp³-hybridized carbons (Fsp3) is 0.125. The molecule has 0 saturated carbocycles. The summed E-state index contributed by atoms with van der Waals surface area (Å²) < 4.78 is 49.1. The largest absolute Gasteiger partial charge is 0.507 e. The summed E-state index contributed by atoms with van der Waals surface area (Å²) in [5.41, 5.74) is -2.56. The van der Waals surface area contributed by atoms with Crippen LogP contribution < -0.4 is 0 Å². The Hall–Kier alpha value is -1.59. The van der Waals surface area contributed by atoms with Gasteiger partial charge in [0.05, 0.1) is 11.1 Å². The Bertz CT molecular complexity index is 370. The Balaban J connectivity index is 3.43. The van der Waals surface area contributed by atoms with Gasteiger partial charge in [-0.2, -0.15) is 13.2 Å². The molecule has 0 atom stereocenters. The number of rotatable bonds is 1. The highest BCUT2D eigenvalue weighted by Crippen LogP contribution is 2.34. The smallest absolute Gasteiger partial charge is 0.419 e. The maximum Gasteiger partial charge on any atom is 0.419 e. The van der Waals surface area contributed by atoms with E-state index in [2.05, 4.69) is 0 Å². The number of hydrogen-bond donors (Lipinski definition) is 1. The number of phenolic OH excluding ortho intramolecular Hbond substituents is 1. The van der Waals surface area contributed by atoms with Crippen molar-refractivity contribution in [1.82, 2.24) is 0 Å². The molecular formula is C8H4F4O2. The van der Waals surface area contributed by atoms with Gasteiger partial charge in [-0.25, -0.2) is 4.39 Å². The van der Waals surface area contributed by atoms with Gasteiger partial charge in [-0.3, -0.25) is 4.79 Å². The van der Waals surface area contributed by atoms with Crippen molar-refractivity contribution in [2.24, 2.45) is 0 Å². The monoisotopic (exact) mass is 208 g/mol. The number of benzene rings is 1. The van der Waals surface area contributed by atoms with Gasteiger partial charge in [0.15, 0.2) is 6.29 Å². The first-order chi connectivity index (χ1) is 6.38. The second-order valence-corrected chi connectivity index (χ2v) is 2.48. The summed E-state index contributed by atoms with van der Waals surface area (Å²) in [6.45, 7) is 0. The number of aldehydes is 1. The average Bonchev–Trinajstić information content (AvgIpc) is 2.02. The zero-order chi connectivity index (χ0) is 10.9. The van der Waals surface area contributed by atoms with Gasteiger partial charge in [-0.15, -0.1) is 0 Å². The molecule has 0 fully saturated rings. The Morgan fingerprint density at radius 1 is 1.29 bits per heavy atom. The van der Waals surface area contributed by atoms with Crippen LogP contribution in [-0.2, 0) is 6.18 Å². The van der Waals surface area contributed by atoms with E-state index < -0.39 is 28.9 Å². The van der Waals surface area contributed by atoms with Crippen LogP contribution in [0.25, 0.3) is 0 Å².